The summed E-state index contributed by atoms with van der Waals surface area (Å²) < 4.78 is 0. The molecule has 1 aromatic rings. The van der Waals surface area contributed by atoms with Gasteiger partial charge in [0.05, 0.1) is 6.21 Å². The molecule has 0 bridgehead atoms. The highest BCUT2D eigenvalue weighted by atomic mass is 32.1. The minimum absolute atomic E-state index is 0.554. The molecule has 1 aromatic heterocycles. The zero-order valence-corrected chi connectivity index (χ0v) is 10.1. The molecule has 16 heavy (non-hydrogen) atoms. The molecule has 4 nitrogen and oxygen atoms in total. The fourth-order valence-electron chi connectivity index (χ4n) is 1.03. The number of hydrogen-bond donors (Lipinski definition) is 2. The van der Waals surface area contributed by atoms with Crippen LogP contribution in [0.5, 0.6) is 0 Å². The van der Waals surface area contributed by atoms with E-state index in [2.05, 4.69) is 27.8 Å². The van der Waals surface area contributed by atoms with Crippen molar-refractivity contribution in [3.63, 3.8) is 0 Å². The molecule has 0 amide bonds. The van der Waals surface area contributed by atoms with Crippen molar-refractivity contribution in [2.75, 3.05) is 6.54 Å². The second-order valence-corrected chi connectivity index (χ2v) is 3.67. The maximum atomic E-state index is 5.03. The Labute approximate surface area is 101 Å². The first-order valence-corrected chi connectivity index (χ1v) is 5.70. The molecular formula is C11H16N4S. The number of thiocarbonyl (C=S) groups is 1. The maximum Gasteiger partial charge on any atom is 0.186 e. The van der Waals surface area contributed by atoms with Crippen molar-refractivity contribution in [3.05, 3.63) is 30.1 Å². The predicted molar refractivity (Wildman–Crippen MR) is 70.5 cm³/mol. The summed E-state index contributed by atoms with van der Waals surface area (Å²) >= 11 is 5.03. The van der Waals surface area contributed by atoms with E-state index in [1.165, 1.54) is 0 Å². The van der Waals surface area contributed by atoms with Gasteiger partial charge in [0.2, 0.25) is 0 Å². The zero-order chi connectivity index (χ0) is 11.6. The molecule has 0 aliphatic carbocycles. The summed E-state index contributed by atoms with van der Waals surface area (Å²) in [4.78, 5) is 3.92. The topological polar surface area (TPSA) is 49.3 Å². The molecule has 0 saturated carbocycles. The van der Waals surface area contributed by atoms with Crippen LogP contribution in [0.25, 0.3) is 0 Å². The smallest absolute Gasteiger partial charge is 0.186 e. The number of nitrogens with zero attached hydrogens (tertiary/aromatic N) is 2. The van der Waals surface area contributed by atoms with Gasteiger partial charge < -0.3 is 5.32 Å². The van der Waals surface area contributed by atoms with Gasteiger partial charge in [-0.05, 0) is 36.3 Å². The molecule has 0 radical (unpaired) electrons. The second-order valence-electron chi connectivity index (χ2n) is 3.26. The Balaban J connectivity index is 2.24. The van der Waals surface area contributed by atoms with Gasteiger partial charge in [0.1, 0.15) is 0 Å². The van der Waals surface area contributed by atoms with Gasteiger partial charge >= 0.3 is 0 Å². The van der Waals surface area contributed by atoms with Gasteiger partial charge in [-0.1, -0.05) is 13.3 Å². The summed E-state index contributed by atoms with van der Waals surface area (Å²) in [6, 6.07) is 3.75. The van der Waals surface area contributed by atoms with Crippen LogP contribution in [0, 0.1) is 0 Å². The van der Waals surface area contributed by atoms with Crippen LogP contribution in [0.4, 0.5) is 0 Å². The number of hydrazone groups is 1. The van der Waals surface area contributed by atoms with Crippen molar-refractivity contribution in [2.45, 2.75) is 19.8 Å². The number of aromatic nitrogens is 1. The van der Waals surface area contributed by atoms with E-state index in [4.69, 9.17) is 12.2 Å². The molecule has 0 fully saturated rings. The van der Waals surface area contributed by atoms with E-state index in [1.807, 2.05) is 12.1 Å². The zero-order valence-electron chi connectivity index (χ0n) is 9.31. The van der Waals surface area contributed by atoms with Crippen molar-refractivity contribution in [2.24, 2.45) is 5.10 Å². The van der Waals surface area contributed by atoms with Crippen LogP contribution in [0.1, 0.15) is 25.3 Å². The summed E-state index contributed by atoms with van der Waals surface area (Å²) in [6.07, 6.45) is 7.40. The maximum absolute atomic E-state index is 5.03. The largest absolute Gasteiger partial charge is 0.361 e. The lowest BCUT2D eigenvalue weighted by molar-refractivity contribution is 0.745. The molecule has 1 heterocycles. The van der Waals surface area contributed by atoms with E-state index in [0.29, 0.717) is 5.11 Å². The van der Waals surface area contributed by atoms with Gasteiger partial charge in [-0.25, -0.2) is 0 Å². The molecular weight excluding hydrogens is 220 g/mol. The molecule has 1 rings (SSSR count). The minimum atomic E-state index is 0.554. The van der Waals surface area contributed by atoms with Crippen LogP contribution < -0.4 is 10.7 Å². The van der Waals surface area contributed by atoms with Crippen molar-refractivity contribution in [1.82, 2.24) is 15.7 Å². The Morgan fingerprint density at radius 2 is 2.25 bits per heavy atom. The Morgan fingerprint density at radius 1 is 1.50 bits per heavy atom. The van der Waals surface area contributed by atoms with Crippen LogP contribution in [-0.4, -0.2) is 22.9 Å². The molecule has 86 valence electrons. The lowest BCUT2D eigenvalue weighted by Gasteiger charge is -2.05. The first kappa shape index (κ1) is 12.6. The number of pyridine rings is 1. The van der Waals surface area contributed by atoms with Gasteiger partial charge in [-0.2, -0.15) is 5.10 Å². The van der Waals surface area contributed by atoms with E-state index in [9.17, 15) is 0 Å². The first-order valence-electron chi connectivity index (χ1n) is 5.30. The van der Waals surface area contributed by atoms with Crippen molar-refractivity contribution in [3.8, 4) is 0 Å². The summed E-state index contributed by atoms with van der Waals surface area (Å²) in [5.41, 5.74) is 3.74. The lowest BCUT2D eigenvalue weighted by Crippen LogP contribution is -2.32. The standard InChI is InChI=1S/C11H16N4S/c1-2-3-6-13-11(16)15-14-9-10-4-7-12-8-5-10/h4-5,7-9H,2-3,6H2,1H3,(H2,13,15,16)/b14-9-. The quantitative estimate of drug-likeness (QED) is 0.353. The fourth-order valence-corrected chi connectivity index (χ4v) is 1.19. The average Bonchev–Trinajstić information content (AvgIpc) is 2.31. The Hall–Kier alpha value is -1.49. The molecule has 0 aliphatic heterocycles. The highest BCUT2D eigenvalue weighted by molar-refractivity contribution is 7.80. The van der Waals surface area contributed by atoms with Crippen molar-refractivity contribution < 1.29 is 0 Å². The van der Waals surface area contributed by atoms with Crippen molar-refractivity contribution >= 4 is 23.5 Å². The number of rotatable bonds is 5. The summed E-state index contributed by atoms with van der Waals surface area (Å²) in [5, 5.41) is 7.63. The molecule has 2 N–H and O–H groups in total. The van der Waals surface area contributed by atoms with E-state index in [0.717, 1.165) is 24.9 Å². The normalized spacial score (nSPS) is 10.3. The van der Waals surface area contributed by atoms with E-state index >= 15 is 0 Å². The fraction of sp³-hybridized carbons (Fsp3) is 0.364. The Kier molecular flexibility index (Phi) is 6.10. The highest BCUT2D eigenvalue weighted by Gasteiger charge is 1.90. The number of nitrogens with one attached hydrogen (secondary N) is 2. The molecule has 0 spiro atoms. The number of unbranched alkanes of at least 4 members (excludes halogenated alkanes) is 1. The van der Waals surface area contributed by atoms with Gasteiger partial charge in [0.25, 0.3) is 0 Å². The van der Waals surface area contributed by atoms with Gasteiger partial charge in [0.15, 0.2) is 5.11 Å². The highest BCUT2D eigenvalue weighted by Crippen LogP contribution is 1.90. The first-order chi connectivity index (χ1) is 7.83. The third kappa shape index (κ3) is 5.41. The van der Waals surface area contributed by atoms with Crippen LogP contribution in [-0.2, 0) is 0 Å². The van der Waals surface area contributed by atoms with E-state index < -0.39 is 0 Å². The predicted octanol–water partition coefficient (Wildman–Crippen LogP) is 1.68. The molecule has 5 heteroatoms. The summed E-state index contributed by atoms with van der Waals surface area (Å²) in [5.74, 6) is 0. The SMILES string of the molecule is CCCCNC(=S)N/N=C\c1ccncc1. The minimum Gasteiger partial charge on any atom is -0.361 e. The van der Waals surface area contributed by atoms with Gasteiger partial charge in [-0.15, -0.1) is 0 Å². The van der Waals surface area contributed by atoms with Gasteiger partial charge in [-0.3, -0.25) is 10.4 Å². The molecule has 0 atom stereocenters. The molecule has 0 saturated heterocycles. The van der Waals surface area contributed by atoms with Crippen LogP contribution in [0.2, 0.25) is 0 Å². The Bertz CT molecular complexity index is 337. The van der Waals surface area contributed by atoms with Gasteiger partial charge in [0, 0.05) is 18.9 Å². The lowest BCUT2D eigenvalue weighted by atomic mass is 10.3. The van der Waals surface area contributed by atoms with E-state index in [-0.39, 0.29) is 0 Å². The Morgan fingerprint density at radius 3 is 2.94 bits per heavy atom. The third-order valence-corrected chi connectivity index (χ3v) is 2.14. The van der Waals surface area contributed by atoms with E-state index in [1.54, 1.807) is 18.6 Å². The average molecular weight is 236 g/mol. The number of hydrogen-bond acceptors (Lipinski definition) is 3. The summed E-state index contributed by atoms with van der Waals surface area (Å²) in [6.45, 7) is 3.02. The molecule has 0 aliphatic rings. The van der Waals surface area contributed by atoms with Crippen molar-refractivity contribution in [1.29, 1.82) is 0 Å². The molecule has 0 unspecified atom stereocenters. The van der Waals surface area contributed by atoms with Crippen LogP contribution >= 0.6 is 12.2 Å². The second kappa shape index (κ2) is 7.76. The molecule has 0 aromatic carbocycles. The van der Waals surface area contributed by atoms with Crippen LogP contribution in [0.15, 0.2) is 29.6 Å². The third-order valence-electron chi connectivity index (χ3n) is 1.90. The van der Waals surface area contributed by atoms with Crippen LogP contribution in [0.3, 0.4) is 0 Å². The summed E-state index contributed by atoms with van der Waals surface area (Å²) in [7, 11) is 0. The monoisotopic (exact) mass is 236 g/mol.